The van der Waals surface area contributed by atoms with Crippen molar-refractivity contribution in [1.82, 2.24) is 15.2 Å². The van der Waals surface area contributed by atoms with Gasteiger partial charge >= 0.3 is 0 Å². The maximum Gasteiger partial charge on any atom is 0.160 e. The van der Waals surface area contributed by atoms with Gasteiger partial charge in [0.25, 0.3) is 0 Å². The zero-order valence-electron chi connectivity index (χ0n) is 12.9. The van der Waals surface area contributed by atoms with Crippen LogP contribution in [0.2, 0.25) is 0 Å². The van der Waals surface area contributed by atoms with Gasteiger partial charge in [-0.3, -0.25) is 5.10 Å². The lowest BCUT2D eigenvalue weighted by atomic mass is 10.0. The van der Waals surface area contributed by atoms with Crippen LogP contribution in [0.3, 0.4) is 0 Å². The number of aromatic nitrogens is 3. The molecule has 4 N–H and O–H groups in total. The van der Waals surface area contributed by atoms with E-state index < -0.39 is 0 Å². The van der Waals surface area contributed by atoms with E-state index in [1.807, 2.05) is 24.3 Å². The summed E-state index contributed by atoms with van der Waals surface area (Å²) in [4.78, 5) is 4.57. The number of rotatable bonds is 5. The van der Waals surface area contributed by atoms with Crippen LogP contribution in [-0.4, -0.2) is 21.7 Å². The molecule has 0 radical (unpaired) electrons. The first-order valence-electron chi connectivity index (χ1n) is 7.59. The van der Waals surface area contributed by atoms with Crippen LogP contribution >= 0.6 is 0 Å². The van der Waals surface area contributed by atoms with Gasteiger partial charge in [-0.15, -0.1) is 0 Å². The highest BCUT2D eigenvalue weighted by Gasteiger charge is 2.13. The number of aromatic amines is 1. The third-order valence-corrected chi connectivity index (χ3v) is 3.67. The number of hydrogen-bond donors (Lipinski definition) is 3. The fourth-order valence-corrected chi connectivity index (χ4v) is 2.48. The van der Waals surface area contributed by atoms with Crippen molar-refractivity contribution in [2.24, 2.45) is 5.92 Å². The van der Waals surface area contributed by atoms with Crippen molar-refractivity contribution in [2.75, 3.05) is 17.6 Å². The second-order valence-corrected chi connectivity index (χ2v) is 5.86. The highest BCUT2D eigenvalue weighted by molar-refractivity contribution is 6.00. The maximum absolute atomic E-state index is 6.00. The summed E-state index contributed by atoms with van der Waals surface area (Å²) in [5.74, 6) is 1.98. The summed E-state index contributed by atoms with van der Waals surface area (Å²) < 4.78 is 0. The van der Waals surface area contributed by atoms with E-state index in [1.165, 1.54) is 0 Å². The molecule has 22 heavy (non-hydrogen) atoms. The summed E-state index contributed by atoms with van der Waals surface area (Å²) in [5, 5.41) is 11.3. The largest absolute Gasteiger partial charge is 0.382 e. The van der Waals surface area contributed by atoms with Crippen molar-refractivity contribution in [3.05, 3.63) is 36.4 Å². The Balaban J connectivity index is 2.02. The third kappa shape index (κ3) is 2.88. The molecule has 0 amide bonds. The molecule has 2 aromatic heterocycles. The molecule has 3 rings (SSSR count). The Morgan fingerprint density at radius 2 is 2.00 bits per heavy atom. The SMILES string of the molecule is CC(C)CCNc1cc(-c2ccccc2)c2c(N)n[nH]c2n1. The van der Waals surface area contributed by atoms with Crippen molar-refractivity contribution in [2.45, 2.75) is 20.3 Å². The normalized spacial score (nSPS) is 11.2. The number of nitrogen functional groups attached to an aromatic ring is 1. The molecule has 0 aliphatic carbocycles. The molecule has 114 valence electrons. The fourth-order valence-electron chi connectivity index (χ4n) is 2.48. The average molecular weight is 295 g/mol. The maximum atomic E-state index is 6.00. The van der Waals surface area contributed by atoms with Gasteiger partial charge in [-0.05, 0) is 24.0 Å². The molecular weight excluding hydrogens is 274 g/mol. The van der Waals surface area contributed by atoms with Gasteiger partial charge < -0.3 is 11.1 Å². The first-order chi connectivity index (χ1) is 10.6. The van der Waals surface area contributed by atoms with Crippen LogP contribution in [0.15, 0.2) is 36.4 Å². The van der Waals surface area contributed by atoms with Gasteiger partial charge in [0.05, 0.1) is 5.39 Å². The van der Waals surface area contributed by atoms with Crippen LogP contribution < -0.4 is 11.1 Å². The minimum absolute atomic E-state index is 0.482. The Bertz CT molecular complexity index is 761. The number of anilines is 2. The zero-order chi connectivity index (χ0) is 15.5. The van der Waals surface area contributed by atoms with Crippen molar-refractivity contribution < 1.29 is 0 Å². The Kier molecular flexibility index (Phi) is 3.96. The van der Waals surface area contributed by atoms with Crippen molar-refractivity contribution in [3.63, 3.8) is 0 Å². The van der Waals surface area contributed by atoms with Crippen molar-refractivity contribution in [1.29, 1.82) is 0 Å². The lowest BCUT2D eigenvalue weighted by Gasteiger charge is -2.10. The summed E-state index contributed by atoms with van der Waals surface area (Å²) in [6.07, 6.45) is 1.10. The number of hydrogen-bond acceptors (Lipinski definition) is 4. The van der Waals surface area contributed by atoms with E-state index in [4.69, 9.17) is 5.73 Å². The zero-order valence-corrected chi connectivity index (χ0v) is 12.9. The van der Waals surface area contributed by atoms with E-state index in [2.05, 4.69) is 46.5 Å². The Morgan fingerprint density at radius 1 is 1.23 bits per heavy atom. The minimum Gasteiger partial charge on any atom is -0.382 e. The molecule has 0 spiro atoms. The number of pyridine rings is 1. The van der Waals surface area contributed by atoms with Crippen molar-refractivity contribution in [3.8, 4) is 11.1 Å². The summed E-state index contributed by atoms with van der Waals surface area (Å²) in [6.45, 7) is 5.32. The highest BCUT2D eigenvalue weighted by Crippen LogP contribution is 2.32. The van der Waals surface area contributed by atoms with Gasteiger partial charge in [-0.2, -0.15) is 5.10 Å². The van der Waals surface area contributed by atoms with E-state index in [1.54, 1.807) is 0 Å². The minimum atomic E-state index is 0.482. The summed E-state index contributed by atoms with van der Waals surface area (Å²) in [5.41, 5.74) is 8.87. The third-order valence-electron chi connectivity index (χ3n) is 3.67. The molecule has 0 saturated carbocycles. The lowest BCUT2D eigenvalue weighted by Crippen LogP contribution is -2.06. The van der Waals surface area contributed by atoms with Crippen LogP contribution in [-0.2, 0) is 0 Å². The first kappa shape index (κ1) is 14.4. The molecular formula is C17H21N5. The monoisotopic (exact) mass is 295 g/mol. The quantitative estimate of drug-likeness (QED) is 0.671. The van der Waals surface area contributed by atoms with Gasteiger partial charge in [-0.1, -0.05) is 44.2 Å². The summed E-state index contributed by atoms with van der Waals surface area (Å²) in [7, 11) is 0. The number of nitrogens with two attached hydrogens (primary N) is 1. The number of nitrogens with one attached hydrogen (secondary N) is 2. The summed E-state index contributed by atoms with van der Waals surface area (Å²) in [6, 6.07) is 12.2. The topological polar surface area (TPSA) is 79.6 Å². The highest BCUT2D eigenvalue weighted by atomic mass is 15.2. The number of fused-ring (bicyclic) bond motifs is 1. The second-order valence-electron chi connectivity index (χ2n) is 5.86. The van der Waals surface area contributed by atoms with E-state index >= 15 is 0 Å². The first-order valence-corrected chi connectivity index (χ1v) is 7.59. The van der Waals surface area contributed by atoms with Crippen LogP contribution in [0.25, 0.3) is 22.2 Å². The number of nitrogens with zero attached hydrogens (tertiary/aromatic N) is 2. The van der Waals surface area contributed by atoms with Crippen LogP contribution in [0, 0.1) is 5.92 Å². The van der Waals surface area contributed by atoms with Crippen LogP contribution in [0.1, 0.15) is 20.3 Å². The molecule has 0 atom stereocenters. The molecule has 0 saturated heterocycles. The molecule has 3 aromatic rings. The molecule has 1 aromatic carbocycles. The Morgan fingerprint density at radius 3 is 2.73 bits per heavy atom. The van der Waals surface area contributed by atoms with Crippen LogP contribution in [0.4, 0.5) is 11.6 Å². The molecule has 0 aliphatic heterocycles. The summed E-state index contributed by atoms with van der Waals surface area (Å²) >= 11 is 0. The smallest absolute Gasteiger partial charge is 0.160 e. The Labute approximate surface area is 130 Å². The van der Waals surface area contributed by atoms with E-state index in [9.17, 15) is 0 Å². The predicted molar refractivity (Wildman–Crippen MR) is 91.7 cm³/mol. The molecule has 0 bridgehead atoms. The lowest BCUT2D eigenvalue weighted by molar-refractivity contribution is 0.607. The fraction of sp³-hybridized carbons (Fsp3) is 0.294. The molecule has 5 heteroatoms. The van der Waals surface area contributed by atoms with Gasteiger partial charge in [0, 0.05) is 12.1 Å². The van der Waals surface area contributed by atoms with E-state index in [0.717, 1.165) is 35.3 Å². The van der Waals surface area contributed by atoms with Gasteiger partial charge in [0.15, 0.2) is 11.5 Å². The number of H-pyrrole nitrogens is 1. The average Bonchev–Trinajstić information content (AvgIpc) is 2.88. The van der Waals surface area contributed by atoms with E-state index in [0.29, 0.717) is 17.4 Å². The Hall–Kier alpha value is -2.56. The molecule has 2 heterocycles. The molecule has 0 fully saturated rings. The van der Waals surface area contributed by atoms with Gasteiger partial charge in [0.1, 0.15) is 5.82 Å². The predicted octanol–water partition coefficient (Wildman–Crippen LogP) is 3.67. The molecule has 5 nitrogen and oxygen atoms in total. The molecule has 0 unspecified atom stereocenters. The standard InChI is InChI=1S/C17H21N5/c1-11(2)8-9-19-14-10-13(12-6-4-3-5-7-12)15-16(18)21-22-17(15)20-14/h3-7,10-11H,8-9H2,1-2H3,(H4,18,19,20,21,22). The molecule has 0 aliphatic rings. The second kappa shape index (κ2) is 6.05. The van der Waals surface area contributed by atoms with E-state index in [-0.39, 0.29) is 0 Å². The van der Waals surface area contributed by atoms with Crippen LogP contribution in [0.5, 0.6) is 0 Å². The van der Waals surface area contributed by atoms with Gasteiger partial charge in [0.2, 0.25) is 0 Å². The van der Waals surface area contributed by atoms with Gasteiger partial charge in [-0.25, -0.2) is 4.98 Å². The van der Waals surface area contributed by atoms with Crippen molar-refractivity contribution >= 4 is 22.7 Å². The number of benzene rings is 1.